The van der Waals surface area contributed by atoms with Crippen LogP contribution in [0.25, 0.3) is 0 Å². The second kappa shape index (κ2) is 7.51. The third-order valence-electron chi connectivity index (χ3n) is 3.04. The smallest absolute Gasteiger partial charge is 0.243 e. The van der Waals surface area contributed by atoms with E-state index in [1.54, 1.807) is 31.3 Å². The van der Waals surface area contributed by atoms with E-state index in [1.807, 2.05) is 0 Å². The molecule has 8 heteroatoms. The van der Waals surface area contributed by atoms with Gasteiger partial charge in [-0.15, -0.1) is 0 Å². The fraction of sp³-hybridized carbons (Fsp3) is 0.462. The Kier molecular flexibility index (Phi) is 5.68. The van der Waals surface area contributed by atoms with Gasteiger partial charge in [-0.2, -0.15) is 4.31 Å². The lowest BCUT2D eigenvalue weighted by Gasteiger charge is -2.26. The zero-order valence-electron chi connectivity index (χ0n) is 11.9. The lowest BCUT2D eigenvalue weighted by Crippen LogP contribution is -2.40. The van der Waals surface area contributed by atoms with Gasteiger partial charge >= 0.3 is 0 Å². The average Bonchev–Trinajstić information content (AvgIpc) is 2.53. The summed E-state index contributed by atoms with van der Waals surface area (Å²) in [6.07, 6.45) is 1.43. The molecule has 1 N–H and O–H groups in total. The van der Waals surface area contributed by atoms with Gasteiger partial charge in [-0.25, -0.2) is 8.42 Å². The second-order valence-corrected chi connectivity index (χ2v) is 6.39. The fourth-order valence-corrected chi connectivity index (χ4v) is 3.32. The molecule has 0 unspecified atom stereocenters. The summed E-state index contributed by atoms with van der Waals surface area (Å²) in [6.45, 7) is 2.00. The van der Waals surface area contributed by atoms with Crippen LogP contribution in [0.15, 0.2) is 34.2 Å². The van der Waals surface area contributed by atoms with Gasteiger partial charge < -0.3 is 4.74 Å². The maximum atomic E-state index is 12.4. The van der Waals surface area contributed by atoms with Gasteiger partial charge in [-0.3, -0.25) is 15.3 Å². The molecule has 2 rings (SSSR count). The molecule has 0 spiro atoms. The Balaban J connectivity index is 2.00. The second-order valence-electron chi connectivity index (χ2n) is 4.45. The van der Waals surface area contributed by atoms with E-state index in [-0.39, 0.29) is 4.90 Å². The van der Waals surface area contributed by atoms with Crippen LogP contribution in [-0.2, 0) is 26.2 Å². The molecule has 7 nitrogen and oxygen atoms in total. The molecule has 1 aliphatic rings. The molecule has 1 saturated heterocycles. The van der Waals surface area contributed by atoms with Crippen LogP contribution in [0.3, 0.4) is 0 Å². The molecule has 116 valence electrons. The minimum atomic E-state index is -3.43. The molecule has 0 aromatic heterocycles. The van der Waals surface area contributed by atoms with Gasteiger partial charge in [0.25, 0.3) is 0 Å². The van der Waals surface area contributed by atoms with Crippen LogP contribution in [-0.4, -0.2) is 52.4 Å². The lowest BCUT2D eigenvalue weighted by molar-refractivity contribution is 0.0729. The van der Waals surface area contributed by atoms with Crippen molar-refractivity contribution in [3.8, 4) is 0 Å². The number of rotatable bonds is 6. The highest BCUT2D eigenvalue weighted by molar-refractivity contribution is 7.89. The molecule has 1 aliphatic heterocycles. The first-order valence-corrected chi connectivity index (χ1v) is 8.03. The Labute approximate surface area is 124 Å². The summed E-state index contributed by atoms with van der Waals surface area (Å²) < 4.78 is 31.4. The number of hydrogen-bond donors (Lipinski definition) is 1. The average molecular weight is 313 g/mol. The van der Waals surface area contributed by atoms with E-state index in [2.05, 4.69) is 10.5 Å². The molecule has 0 amide bonds. The monoisotopic (exact) mass is 313 g/mol. The van der Waals surface area contributed by atoms with Gasteiger partial charge in [0.1, 0.15) is 6.34 Å². The SMILES string of the molecule is CN=CNOCc1ccc(S(=O)(=O)N2CCOCC2)cc1. The summed E-state index contributed by atoms with van der Waals surface area (Å²) >= 11 is 0. The number of morpholine rings is 1. The normalized spacial score (nSPS) is 17.2. The molecule has 1 aromatic carbocycles. The highest BCUT2D eigenvalue weighted by Gasteiger charge is 2.25. The van der Waals surface area contributed by atoms with Crippen molar-refractivity contribution in [3.05, 3.63) is 29.8 Å². The summed E-state index contributed by atoms with van der Waals surface area (Å²) in [5.74, 6) is 0. The van der Waals surface area contributed by atoms with Crippen molar-refractivity contribution < 1.29 is 18.0 Å². The van der Waals surface area contributed by atoms with Gasteiger partial charge in [0, 0.05) is 20.1 Å². The molecular weight excluding hydrogens is 294 g/mol. The number of hydroxylamine groups is 1. The summed E-state index contributed by atoms with van der Waals surface area (Å²) in [6, 6.07) is 6.66. The highest BCUT2D eigenvalue weighted by Crippen LogP contribution is 2.17. The van der Waals surface area contributed by atoms with Crippen LogP contribution in [0.2, 0.25) is 0 Å². The first-order valence-electron chi connectivity index (χ1n) is 6.59. The zero-order chi connectivity index (χ0) is 15.1. The molecule has 0 bridgehead atoms. The van der Waals surface area contributed by atoms with Crippen LogP contribution >= 0.6 is 0 Å². The predicted octanol–water partition coefficient (Wildman–Crippen LogP) is 0.387. The first kappa shape index (κ1) is 15.9. The number of sulfonamides is 1. The summed E-state index contributed by atoms with van der Waals surface area (Å²) in [5, 5.41) is 0. The van der Waals surface area contributed by atoms with Crippen molar-refractivity contribution in [1.82, 2.24) is 9.79 Å². The van der Waals surface area contributed by atoms with E-state index in [0.29, 0.717) is 32.9 Å². The summed E-state index contributed by atoms with van der Waals surface area (Å²) in [5.41, 5.74) is 3.42. The third-order valence-corrected chi connectivity index (χ3v) is 4.95. The number of ether oxygens (including phenoxy) is 1. The minimum Gasteiger partial charge on any atom is -0.379 e. The third kappa shape index (κ3) is 4.24. The quantitative estimate of drug-likeness (QED) is 0.356. The van der Waals surface area contributed by atoms with Crippen LogP contribution in [0, 0.1) is 0 Å². The molecular formula is C13H19N3O4S. The number of hydrogen-bond acceptors (Lipinski definition) is 5. The number of nitrogens with zero attached hydrogens (tertiary/aromatic N) is 2. The fourth-order valence-electron chi connectivity index (χ4n) is 1.91. The van der Waals surface area contributed by atoms with E-state index in [0.717, 1.165) is 5.56 Å². The molecule has 0 radical (unpaired) electrons. The Hall–Kier alpha value is -1.48. The van der Waals surface area contributed by atoms with E-state index >= 15 is 0 Å². The molecule has 1 heterocycles. The van der Waals surface area contributed by atoms with Crippen molar-refractivity contribution in [1.29, 1.82) is 0 Å². The number of nitrogens with one attached hydrogen (secondary N) is 1. The minimum absolute atomic E-state index is 0.288. The van der Waals surface area contributed by atoms with Crippen LogP contribution in [0.5, 0.6) is 0 Å². The van der Waals surface area contributed by atoms with Crippen molar-refractivity contribution in [2.45, 2.75) is 11.5 Å². The van der Waals surface area contributed by atoms with Crippen LogP contribution in [0.4, 0.5) is 0 Å². The standard InChI is InChI=1S/C13H19N3O4S/c1-14-11-15-20-10-12-2-4-13(5-3-12)21(17,18)16-6-8-19-9-7-16/h2-5,11H,6-10H2,1H3,(H,14,15). The Morgan fingerprint density at radius 2 is 2.00 bits per heavy atom. The largest absolute Gasteiger partial charge is 0.379 e. The van der Waals surface area contributed by atoms with E-state index in [9.17, 15) is 8.42 Å². The zero-order valence-corrected chi connectivity index (χ0v) is 12.7. The Morgan fingerprint density at radius 1 is 1.33 bits per heavy atom. The highest BCUT2D eigenvalue weighted by atomic mass is 32.2. The van der Waals surface area contributed by atoms with Gasteiger partial charge in [-0.05, 0) is 17.7 Å². The molecule has 1 fully saturated rings. The molecule has 0 aliphatic carbocycles. The number of benzene rings is 1. The van der Waals surface area contributed by atoms with Crippen LogP contribution in [0.1, 0.15) is 5.56 Å². The summed E-state index contributed by atoms with van der Waals surface area (Å²) in [7, 11) is -1.81. The maximum absolute atomic E-state index is 12.4. The topological polar surface area (TPSA) is 80.2 Å². The molecule has 0 saturated carbocycles. The van der Waals surface area contributed by atoms with E-state index in [1.165, 1.54) is 10.6 Å². The van der Waals surface area contributed by atoms with Crippen molar-refractivity contribution >= 4 is 16.4 Å². The van der Waals surface area contributed by atoms with Crippen molar-refractivity contribution in [3.63, 3.8) is 0 Å². The predicted molar refractivity (Wildman–Crippen MR) is 78.4 cm³/mol. The van der Waals surface area contributed by atoms with Gasteiger partial charge in [0.05, 0.1) is 24.7 Å². The lowest BCUT2D eigenvalue weighted by atomic mass is 10.2. The number of aliphatic imine (C=N–C) groups is 1. The Bertz CT molecular complexity index is 566. The molecule has 21 heavy (non-hydrogen) atoms. The first-order chi connectivity index (χ1) is 10.1. The van der Waals surface area contributed by atoms with E-state index in [4.69, 9.17) is 9.57 Å². The molecule has 0 atom stereocenters. The van der Waals surface area contributed by atoms with Gasteiger partial charge in [0.2, 0.25) is 10.0 Å². The van der Waals surface area contributed by atoms with Gasteiger partial charge in [-0.1, -0.05) is 12.1 Å². The Morgan fingerprint density at radius 3 is 2.62 bits per heavy atom. The molecule has 1 aromatic rings. The van der Waals surface area contributed by atoms with Gasteiger partial charge in [0.15, 0.2) is 0 Å². The van der Waals surface area contributed by atoms with Crippen LogP contribution < -0.4 is 5.48 Å². The maximum Gasteiger partial charge on any atom is 0.243 e. The van der Waals surface area contributed by atoms with Crippen molar-refractivity contribution in [2.24, 2.45) is 4.99 Å². The van der Waals surface area contributed by atoms with E-state index < -0.39 is 10.0 Å². The van der Waals surface area contributed by atoms with Crippen molar-refractivity contribution in [2.75, 3.05) is 33.4 Å². The summed E-state index contributed by atoms with van der Waals surface area (Å²) in [4.78, 5) is 9.12.